The average Bonchev–Trinajstić information content (AvgIpc) is 2.48. The van der Waals surface area contributed by atoms with Crippen LogP contribution in [0.1, 0.15) is 26.6 Å². The quantitative estimate of drug-likeness (QED) is 0.584. The van der Waals surface area contributed by atoms with Crippen LogP contribution in [0.4, 0.5) is 0 Å². The molecule has 1 aromatic heterocycles. The molecule has 0 aliphatic heterocycles. The van der Waals surface area contributed by atoms with Crippen LogP contribution in [-0.2, 0) is 13.5 Å². The van der Waals surface area contributed by atoms with Crippen molar-refractivity contribution < 1.29 is 0 Å². The van der Waals surface area contributed by atoms with Crippen molar-refractivity contribution in [2.45, 2.75) is 32.7 Å². The molecular weight excluding hydrogens is 202 g/mol. The van der Waals surface area contributed by atoms with Crippen LogP contribution >= 0.6 is 0 Å². The van der Waals surface area contributed by atoms with Gasteiger partial charge in [-0.15, -0.1) is 0 Å². The summed E-state index contributed by atoms with van der Waals surface area (Å²) in [5.41, 5.74) is 5.70. The summed E-state index contributed by atoms with van der Waals surface area (Å²) in [6.45, 7) is 6.80. The Bertz CT molecular complexity index is 359. The van der Waals surface area contributed by atoms with Crippen molar-refractivity contribution in [1.29, 1.82) is 0 Å². The van der Waals surface area contributed by atoms with Gasteiger partial charge in [-0.05, 0) is 20.8 Å². The van der Waals surface area contributed by atoms with Gasteiger partial charge >= 0.3 is 0 Å². The Labute approximate surface area is 96.8 Å². The third-order valence-electron chi connectivity index (χ3n) is 2.04. The standard InChI is InChI=1S/C11H21N5/c1-11(2,3)15-10(12)14-6-5-9-13-7-8-16(9)4/h7-8H,5-6H2,1-4H3,(H3,12,14,15). The van der Waals surface area contributed by atoms with Gasteiger partial charge in [0.15, 0.2) is 5.96 Å². The van der Waals surface area contributed by atoms with E-state index in [0.29, 0.717) is 12.5 Å². The predicted octanol–water partition coefficient (Wildman–Crippen LogP) is 0.665. The van der Waals surface area contributed by atoms with Crippen molar-refractivity contribution in [1.82, 2.24) is 14.9 Å². The minimum atomic E-state index is -0.0448. The van der Waals surface area contributed by atoms with Crippen molar-refractivity contribution in [3.05, 3.63) is 18.2 Å². The largest absolute Gasteiger partial charge is 0.370 e. The molecule has 0 atom stereocenters. The number of hydrogen-bond donors (Lipinski definition) is 2. The first-order valence-electron chi connectivity index (χ1n) is 5.43. The minimum absolute atomic E-state index is 0.0448. The summed E-state index contributed by atoms with van der Waals surface area (Å²) in [5.74, 6) is 1.51. The molecule has 0 aromatic carbocycles. The van der Waals surface area contributed by atoms with E-state index in [1.807, 2.05) is 38.6 Å². The maximum absolute atomic E-state index is 5.75. The van der Waals surface area contributed by atoms with Crippen LogP contribution in [-0.4, -0.2) is 27.6 Å². The van der Waals surface area contributed by atoms with E-state index >= 15 is 0 Å². The molecule has 0 fully saturated rings. The lowest BCUT2D eigenvalue weighted by Gasteiger charge is -2.20. The fourth-order valence-electron chi connectivity index (χ4n) is 1.34. The second-order valence-corrected chi connectivity index (χ2v) is 4.85. The van der Waals surface area contributed by atoms with E-state index < -0.39 is 0 Å². The molecule has 0 saturated carbocycles. The van der Waals surface area contributed by atoms with Gasteiger partial charge in [-0.3, -0.25) is 4.99 Å². The van der Waals surface area contributed by atoms with Crippen LogP contribution in [0, 0.1) is 0 Å². The van der Waals surface area contributed by atoms with Crippen molar-refractivity contribution in [2.24, 2.45) is 17.8 Å². The lowest BCUT2D eigenvalue weighted by Crippen LogP contribution is -2.45. The molecule has 5 nitrogen and oxygen atoms in total. The van der Waals surface area contributed by atoms with Crippen LogP contribution in [0.3, 0.4) is 0 Å². The van der Waals surface area contributed by atoms with E-state index in [0.717, 1.165) is 12.2 Å². The van der Waals surface area contributed by atoms with Gasteiger partial charge in [-0.2, -0.15) is 0 Å². The van der Waals surface area contributed by atoms with E-state index in [1.165, 1.54) is 0 Å². The van der Waals surface area contributed by atoms with Crippen molar-refractivity contribution >= 4 is 5.96 Å². The lowest BCUT2D eigenvalue weighted by atomic mass is 10.1. The number of nitrogens with one attached hydrogen (secondary N) is 1. The van der Waals surface area contributed by atoms with Crippen molar-refractivity contribution in [2.75, 3.05) is 6.54 Å². The van der Waals surface area contributed by atoms with Crippen molar-refractivity contribution in [3.8, 4) is 0 Å². The summed E-state index contributed by atoms with van der Waals surface area (Å²) < 4.78 is 1.99. The van der Waals surface area contributed by atoms with E-state index in [9.17, 15) is 0 Å². The molecule has 0 unspecified atom stereocenters. The summed E-state index contributed by atoms with van der Waals surface area (Å²) in [7, 11) is 1.98. The molecule has 1 rings (SSSR count). The van der Waals surface area contributed by atoms with Crippen LogP contribution in [0.5, 0.6) is 0 Å². The molecule has 0 spiro atoms. The first kappa shape index (κ1) is 12.5. The Balaban J connectivity index is 2.40. The van der Waals surface area contributed by atoms with Gasteiger partial charge in [-0.1, -0.05) is 0 Å². The summed E-state index contributed by atoms with van der Waals surface area (Å²) >= 11 is 0. The molecule has 0 saturated heterocycles. The number of guanidine groups is 1. The maximum atomic E-state index is 5.75. The minimum Gasteiger partial charge on any atom is -0.370 e. The Morgan fingerprint density at radius 2 is 2.25 bits per heavy atom. The maximum Gasteiger partial charge on any atom is 0.188 e. The summed E-state index contributed by atoms with van der Waals surface area (Å²) in [6, 6.07) is 0. The number of aromatic nitrogens is 2. The third-order valence-corrected chi connectivity index (χ3v) is 2.04. The molecule has 0 radical (unpaired) electrons. The number of rotatable bonds is 3. The van der Waals surface area contributed by atoms with Gasteiger partial charge in [0.05, 0.1) is 0 Å². The van der Waals surface area contributed by atoms with E-state index in [1.54, 1.807) is 6.20 Å². The molecule has 1 aromatic rings. The number of imidazole rings is 1. The van der Waals surface area contributed by atoms with Gasteiger partial charge in [0.25, 0.3) is 0 Å². The average molecular weight is 223 g/mol. The Hall–Kier alpha value is -1.52. The highest BCUT2D eigenvalue weighted by Crippen LogP contribution is 1.98. The molecular formula is C11H21N5. The van der Waals surface area contributed by atoms with Crippen molar-refractivity contribution in [3.63, 3.8) is 0 Å². The zero-order valence-corrected chi connectivity index (χ0v) is 10.5. The van der Waals surface area contributed by atoms with Gasteiger partial charge < -0.3 is 15.6 Å². The summed E-state index contributed by atoms with van der Waals surface area (Å²) in [5, 5.41) is 3.11. The van der Waals surface area contributed by atoms with Crippen LogP contribution in [0.2, 0.25) is 0 Å². The molecule has 1 heterocycles. The molecule has 0 bridgehead atoms. The highest BCUT2D eigenvalue weighted by molar-refractivity contribution is 5.78. The Morgan fingerprint density at radius 1 is 1.56 bits per heavy atom. The number of nitrogens with two attached hydrogens (primary N) is 1. The van der Waals surface area contributed by atoms with Gasteiger partial charge in [0, 0.05) is 37.9 Å². The zero-order chi connectivity index (χ0) is 12.2. The second kappa shape index (κ2) is 5.01. The zero-order valence-electron chi connectivity index (χ0n) is 10.5. The van der Waals surface area contributed by atoms with Gasteiger partial charge in [0.2, 0.25) is 0 Å². The fourth-order valence-corrected chi connectivity index (χ4v) is 1.34. The molecule has 0 aliphatic carbocycles. The Kier molecular flexibility index (Phi) is 3.93. The number of nitrogens with zero attached hydrogens (tertiary/aromatic N) is 3. The second-order valence-electron chi connectivity index (χ2n) is 4.85. The molecule has 3 N–H and O–H groups in total. The van der Waals surface area contributed by atoms with E-state index in [-0.39, 0.29) is 5.54 Å². The van der Waals surface area contributed by atoms with Crippen LogP contribution < -0.4 is 11.1 Å². The highest BCUT2D eigenvalue weighted by atomic mass is 15.1. The fraction of sp³-hybridized carbons (Fsp3) is 0.636. The van der Waals surface area contributed by atoms with E-state index in [4.69, 9.17) is 5.73 Å². The molecule has 16 heavy (non-hydrogen) atoms. The van der Waals surface area contributed by atoms with Gasteiger partial charge in [-0.25, -0.2) is 4.98 Å². The molecule has 90 valence electrons. The monoisotopic (exact) mass is 223 g/mol. The van der Waals surface area contributed by atoms with Crippen LogP contribution in [0.15, 0.2) is 17.4 Å². The molecule has 0 aliphatic rings. The normalized spacial score (nSPS) is 12.9. The third kappa shape index (κ3) is 4.33. The summed E-state index contributed by atoms with van der Waals surface area (Å²) in [6.07, 6.45) is 4.52. The number of aliphatic imine (C=N–C) groups is 1. The summed E-state index contributed by atoms with van der Waals surface area (Å²) in [4.78, 5) is 8.48. The predicted molar refractivity (Wildman–Crippen MR) is 66.3 cm³/mol. The van der Waals surface area contributed by atoms with E-state index in [2.05, 4.69) is 15.3 Å². The topological polar surface area (TPSA) is 68.2 Å². The lowest BCUT2D eigenvalue weighted by molar-refractivity contribution is 0.508. The van der Waals surface area contributed by atoms with Crippen LogP contribution in [0.25, 0.3) is 0 Å². The number of hydrogen-bond acceptors (Lipinski definition) is 2. The highest BCUT2D eigenvalue weighted by Gasteiger charge is 2.09. The smallest absolute Gasteiger partial charge is 0.188 e. The first-order valence-corrected chi connectivity index (χ1v) is 5.43. The van der Waals surface area contributed by atoms with Gasteiger partial charge in [0.1, 0.15) is 5.82 Å². The number of aryl methyl sites for hydroxylation is 1. The first-order chi connectivity index (χ1) is 7.38. The Morgan fingerprint density at radius 3 is 2.75 bits per heavy atom. The molecule has 0 amide bonds. The molecule has 5 heteroatoms. The SMILES string of the molecule is Cn1ccnc1CCN=C(N)NC(C)(C)C.